The Balaban J connectivity index is 1.57. The molecule has 1 aliphatic heterocycles. The Labute approximate surface area is 180 Å². The highest BCUT2D eigenvalue weighted by molar-refractivity contribution is 7.16. The number of aryl methyl sites for hydroxylation is 1. The van der Waals surface area contributed by atoms with Crippen molar-refractivity contribution in [2.45, 2.75) is 64.2 Å². The summed E-state index contributed by atoms with van der Waals surface area (Å²) >= 11 is 1.62. The van der Waals surface area contributed by atoms with E-state index >= 15 is 0 Å². The lowest BCUT2D eigenvalue weighted by atomic mass is 9.93. The molecule has 2 aromatic heterocycles. The van der Waals surface area contributed by atoms with Crippen molar-refractivity contribution >= 4 is 33.4 Å². The Kier molecular flexibility index (Phi) is 4.69. The Morgan fingerprint density at radius 2 is 2.00 bits per heavy atom. The molecule has 0 radical (unpaired) electrons. The number of aromatic nitrogens is 1. The topological polar surface area (TPSA) is 54.3 Å². The largest absolute Gasteiger partial charge is 0.351 e. The van der Waals surface area contributed by atoms with E-state index in [4.69, 9.17) is 0 Å². The van der Waals surface area contributed by atoms with Crippen molar-refractivity contribution in [1.29, 1.82) is 0 Å². The summed E-state index contributed by atoms with van der Waals surface area (Å²) in [7, 11) is 0. The van der Waals surface area contributed by atoms with Crippen LogP contribution in [0.4, 0.5) is 0 Å². The zero-order chi connectivity index (χ0) is 20.9. The molecule has 1 atom stereocenters. The van der Waals surface area contributed by atoms with Crippen molar-refractivity contribution in [1.82, 2.24) is 14.8 Å². The van der Waals surface area contributed by atoms with E-state index in [2.05, 4.69) is 18.3 Å². The van der Waals surface area contributed by atoms with Gasteiger partial charge < -0.3 is 14.8 Å². The predicted molar refractivity (Wildman–Crippen MR) is 120 cm³/mol. The number of hydrogen-bond acceptors (Lipinski definition) is 3. The lowest BCUT2D eigenvalue weighted by Crippen LogP contribution is -2.64. The molecular formula is C24H27N3O2S. The molecule has 6 heteroatoms. The van der Waals surface area contributed by atoms with Crippen molar-refractivity contribution in [2.75, 3.05) is 0 Å². The van der Waals surface area contributed by atoms with E-state index in [0.717, 1.165) is 47.0 Å². The summed E-state index contributed by atoms with van der Waals surface area (Å²) < 4.78 is 2.05. The third-order valence-electron chi connectivity index (χ3n) is 6.80. The van der Waals surface area contributed by atoms with Crippen LogP contribution in [0.1, 0.15) is 54.2 Å². The second kappa shape index (κ2) is 7.27. The van der Waals surface area contributed by atoms with Crippen molar-refractivity contribution in [3.8, 4) is 0 Å². The molecule has 3 aromatic rings. The maximum Gasteiger partial charge on any atom is 0.271 e. The SMILES string of the molecule is Cc1ccccc1CN1C(=O)c2cc3ccsc3n2C[C@@]1(C)C(=O)NC1CCCC1. The van der Waals surface area contributed by atoms with Crippen LogP contribution in [-0.4, -0.2) is 32.9 Å². The smallest absolute Gasteiger partial charge is 0.271 e. The van der Waals surface area contributed by atoms with Gasteiger partial charge in [0.25, 0.3) is 5.91 Å². The van der Waals surface area contributed by atoms with Gasteiger partial charge in [0.2, 0.25) is 5.91 Å². The lowest BCUT2D eigenvalue weighted by molar-refractivity contribution is -0.133. The molecule has 5 rings (SSSR count). The van der Waals surface area contributed by atoms with Crippen LogP contribution in [0, 0.1) is 6.92 Å². The van der Waals surface area contributed by atoms with Gasteiger partial charge in [0.1, 0.15) is 16.1 Å². The van der Waals surface area contributed by atoms with E-state index < -0.39 is 5.54 Å². The van der Waals surface area contributed by atoms with E-state index in [1.165, 1.54) is 0 Å². The molecule has 5 nitrogen and oxygen atoms in total. The minimum absolute atomic E-state index is 0.0413. The molecule has 1 N–H and O–H groups in total. The van der Waals surface area contributed by atoms with E-state index in [1.54, 1.807) is 16.2 Å². The van der Waals surface area contributed by atoms with Gasteiger partial charge in [0, 0.05) is 18.0 Å². The van der Waals surface area contributed by atoms with Gasteiger partial charge in [0.05, 0.1) is 6.54 Å². The van der Waals surface area contributed by atoms with Crippen LogP contribution < -0.4 is 5.32 Å². The van der Waals surface area contributed by atoms with Gasteiger partial charge in [-0.15, -0.1) is 11.3 Å². The van der Waals surface area contributed by atoms with E-state index in [1.807, 2.05) is 47.2 Å². The molecule has 0 unspecified atom stereocenters. The second-order valence-corrected chi connectivity index (χ2v) is 9.74. The molecule has 1 aliphatic carbocycles. The van der Waals surface area contributed by atoms with Crippen LogP contribution in [0.15, 0.2) is 41.8 Å². The average Bonchev–Trinajstić information content (AvgIpc) is 3.45. The Morgan fingerprint density at radius 3 is 2.77 bits per heavy atom. The number of carbonyl (C=O) groups excluding carboxylic acids is 2. The fraction of sp³-hybridized carbons (Fsp3) is 0.417. The van der Waals surface area contributed by atoms with E-state index in [-0.39, 0.29) is 17.9 Å². The van der Waals surface area contributed by atoms with Crippen LogP contribution >= 0.6 is 11.3 Å². The van der Waals surface area contributed by atoms with Crippen molar-refractivity contribution in [2.24, 2.45) is 0 Å². The molecule has 1 saturated carbocycles. The van der Waals surface area contributed by atoms with Crippen LogP contribution in [0.25, 0.3) is 10.2 Å². The molecule has 2 aliphatic rings. The number of nitrogens with zero attached hydrogens (tertiary/aromatic N) is 2. The maximum absolute atomic E-state index is 13.7. The Morgan fingerprint density at radius 1 is 1.23 bits per heavy atom. The van der Waals surface area contributed by atoms with Crippen LogP contribution in [0.3, 0.4) is 0 Å². The zero-order valence-electron chi connectivity index (χ0n) is 17.5. The van der Waals surface area contributed by atoms with Gasteiger partial charge in [0.15, 0.2) is 0 Å². The van der Waals surface area contributed by atoms with Crippen LogP contribution in [-0.2, 0) is 17.9 Å². The molecule has 30 heavy (non-hydrogen) atoms. The Hall–Kier alpha value is -2.60. The zero-order valence-corrected chi connectivity index (χ0v) is 18.3. The van der Waals surface area contributed by atoms with Crippen molar-refractivity contribution in [3.05, 3.63) is 58.6 Å². The van der Waals surface area contributed by atoms with Gasteiger partial charge in [-0.2, -0.15) is 0 Å². The highest BCUT2D eigenvalue weighted by atomic mass is 32.1. The number of carbonyl (C=O) groups is 2. The number of nitrogens with one attached hydrogen (secondary N) is 1. The molecule has 0 saturated heterocycles. The fourth-order valence-corrected chi connectivity index (χ4v) is 5.77. The molecule has 0 spiro atoms. The normalized spacial score (nSPS) is 21.9. The third kappa shape index (κ3) is 3.05. The summed E-state index contributed by atoms with van der Waals surface area (Å²) in [6.45, 7) is 4.88. The third-order valence-corrected chi connectivity index (χ3v) is 7.75. The van der Waals surface area contributed by atoms with Gasteiger partial charge >= 0.3 is 0 Å². The van der Waals surface area contributed by atoms with Gasteiger partial charge in [-0.05, 0) is 55.3 Å². The van der Waals surface area contributed by atoms with Crippen LogP contribution in [0.5, 0.6) is 0 Å². The minimum atomic E-state index is -0.940. The summed E-state index contributed by atoms with van der Waals surface area (Å²) in [4.78, 5) is 30.1. The molecule has 2 amide bonds. The molecule has 0 bridgehead atoms. The molecule has 3 heterocycles. The number of benzene rings is 1. The number of amides is 2. The summed E-state index contributed by atoms with van der Waals surface area (Å²) in [6, 6.07) is 12.3. The van der Waals surface area contributed by atoms with Gasteiger partial charge in [-0.1, -0.05) is 37.1 Å². The first-order chi connectivity index (χ1) is 14.5. The molecule has 1 aromatic carbocycles. The lowest BCUT2D eigenvalue weighted by Gasteiger charge is -2.44. The molecule has 156 valence electrons. The number of thiophene rings is 1. The maximum atomic E-state index is 13.7. The second-order valence-electron chi connectivity index (χ2n) is 8.84. The van der Waals surface area contributed by atoms with Gasteiger partial charge in [-0.25, -0.2) is 0 Å². The van der Waals surface area contributed by atoms with Crippen LogP contribution in [0.2, 0.25) is 0 Å². The minimum Gasteiger partial charge on any atom is -0.351 e. The molecule has 1 fully saturated rings. The standard InChI is InChI=1S/C24H27N3O2S/c1-16-7-3-4-8-18(16)14-27-21(28)20-13-17-11-12-30-22(17)26(20)15-24(27,2)23(29)25-19-9-5-6-10-19/h3-4,7-8,11-13,19H,5-6,9-10,14-15H2,1-2H3,(H,25,29)/t24-/m0/s1. The van der Waals surface area contributed by atoms with Gasteiger partial charge in [-0.3, -0.25) is 9.59 Å². The van der Waals surface area contributed by atoms with E-state index in [0.29, 0.717) is 18.8 Å². The first kappa shape index (κ1) is 19.4. The Bertz CT molecular complexity index is 1120. The van der Waals surface area contributed by atoms with Crippen molar-refractivity contribution < 1.29 is 9.59 Å². The summed E-state index contributed by atoms with van der Waals surface area (Å²) in [6.07, 6.45) is 4.37. The predicted octanol–water partition coefficient (Wildman–Crippen LogP) is 4.48. The average molecular weight is 422 g/mol. The fourth-order valence-electron chi connectivity index (χ4n) is 4.87. The number of hydrogen-bond donors (Lipinski definition) is 1. The summed E-state index contributed by atoms with van der Waals surface area (Å²) in [5, 5.41) is 6.37. The summed E-state index contributed by atoms with van der Waals surface area (Å²) in [5.41, 5.74) is 1.94. The first-order valence-electron chi connectivity index (χ1n) is 10.7. The highest BCUT2D eigenvalue weighted by Crippen LogP contribution is 2.36. The summed E-state index contributed by atoms with van der Waals surface area (Å²) in [5.74, 6) is -0.114. The van der Waals surface area contributed by atoms with E-state index in [9.17, 15) is 9.59 Å². The highest BCUT2D eigenvalue weighted by Gasteiger charge is 2.48. The first-order valence-corrected chi connectivity index (χ1v) is 11.6. The number of rotatable bonds is 4. The quantitative estimate of drug-likeness (QED) is 0.675. The van der Waals surface area contributed by atoms with Crippen molar-refractivity contribution in [3.63, 3.8) is 0 Å². The number of fused-ring (bicyclic) bond motifs is 3. The monoisotopic (exact) mass is 421 g/mol. The molecular weight excluding hydrogens is 394 g/mol.